The zero-order chi connectivity index (χ0) is 12.2. The minimum absolute atomic E-state index is 0.0889. The van der Waals surface area contributed by atoms with Gasteiger partial charge in [-0.3, -0.25) is 5.43 Å². The molecule has 0 aliphatic carbocycles. The lowest BCUT2D eigenvalue weighted by Gasteiger charge is -2.31. The highest BCUT2D eigenvalue weighted by molar-refractivity contribution is 5.66. The molecule has 0 bridgehead atoms. The summed E-state index contributed by atoms with van der Waals surface area (Å²) in [5.74, 6) is 5.08. The Bertz CT molecular complexity index is 349. The van der Waals surface area contributed by atoms with Crippen molar-refractivity contribution in [1.82, 2.24) is 5.43 Å². The van der Waals surface area contributed by atoms with Gasteiger partial charge in [0.25, 0.3) is 0 Å². The van der Waals surface area contributed by atoms with Gasteiger partial charge in [-0.15, -0.1) is 0 Å². The first-order chi connectivity index (χ1) is 7.47. The van der Waals surface area contributed by atoms with Crippen molar-refractivity contribution in [3.8, 4) is 0 Å². The van der Waals surface area contributed by atoms with E-state index in [2.05, 4.69) is 0 Å². The number of amides is 1. The number of nitrogens with two attached hydrogens (primary N) is 1. The van der Waals surface area contributed by atoms with Crippen LogP contribution in [-0.4, -0.2) is 11.7 Å². The molecule has 0 aromatic heterocycles. The highest BCUT2D eigenvalue weighted by Crippen LogP contribution is 2.30. The van der Waals surface area contributed by atoms with Crippen molar-refractivity contribution in [2.75, 3.05) is 0 Å². The highest BCUT2D eigenvalue weighted by atomic mass is 16.6. The number of hydrogen-bond acceptors (Lipinski definition) is 3. The Kier molecular flexibility index (Phi) is 3.90. The Balaban J connectivity index is 2.79. The van der Waals surface area contributed by atoms with Crippen molar-refractivity contribution in [1.29, 1.82) is 0 Å². The van der Waals surface area contributed by atoms with E-state index in [4.69, 9.17) is 10.6 Å². The maximum absolute atomic E-state index is 11.1. The molecule has 1 atom stereocenters. The SMILES string of the molecule is CC(c1ccccc1)C(C)(C)OC(=O)NN. The number of ether oxygens (including phenoxy) is 1. The van der Waals surface area contributed by atoms with Crippen LogP contribution in [0.3, 0.4) is 0 Å². The van der Waals surface area contributed by atoms with Gasteiger partial charge in [-0.1, -0.05) is 37.3 Å². The monoisotopic (exact) mass is 222 g/mol. The molecule has 0 radical (unpaired) electrons. The van der Waals surface area contributed by atoms with Crippen molar-refractivity contribution in [2.45, 2.75) is 32.3 Å². The maximum Gasteiger partial charge on any atom is 0.421 e. The molecule has 1 rings (SSSR count). The van der Waals surface area contributed by atoms with E-state index in [9.17, 15) is 4.79 Å². The molecular weight excluding hydrogens is 204 g/mol. The van der Waals surface area contributed by atoms with E-state index in [0.717, 1.165) is 5.56 Å². The average Bonchev–Trinajstić information content (AvgIpc) is 2.28. The van der Waals surface area contributed by atoms with Crippen molar-refractivity contribution in [3.63, 3.8) is 0 Å². The second-order valence-electron chi connectivity index (χ2n) is 4.27. The van der Waals surface area contributed by atoms with Crippen LogP contribution in [0.4, 0.5) is 4.79 Å². The van der Waals surface area contributed by atoms with E-state index < -0.39 is 11.7 Å². The molecule has 0 saturated heterocycles. The third-order valence-corrected chi connectivity index (χ3v) is 2.82. The fourth-order valence-corrected chi connectivity index (χ4v) is 1.50. The topological polar surface area (TPSA) is 64.3 Å². The molecular formula is C12H18N2O2. The number of benzene rings is 1. The largest absolute Gasteiger partial charge is 0.442 e. The minimum Gasteiger partial charge on any atom is -0.442 e. The van der Waals surface area contributed by atoms with E-state index in [1.807, 2.05) is 56.5 Å². The highest BCUT2D eigenvalue weighted by Gasteiger charge is 2.30. The van der Waals surface area contributed by atoms with Crippen LogP contribution in [0.15, 0.2) is 30.3 Å². The standard InChI is InChI=1S/C12H18N2O2/c1-9(10-7-5-4-6-8-10)12(2,3)16-11(15)14-13/h4-9H,13H2,1-3H3,(H,14,15). The zero-order valence-corrected chi connectivity index (χ0v) is 9.86. The van der Waals surface area contributed by atoms with Crippen molar-refractivity contribution < 1.29 is 9.53 Å². The fourth-order valence-electron chi connectivity index (χ4n) is 1.50. The first kappa shape index (κ1) is 12.5. The number of hydrazine groups is 1. The molecule has 3 N–H and O–H groups in total. The van der Waals surface area contributed by atoms with Gasteiger partial charge in [0.1, 0.15) is 5.60 Å². The Labute approximate surface area is 95.8 Å². The van der Waals surface area contributed by atoms with E-state index in [-0.39, 0.29) is 5.92 Å². The minimum atomic E-state index is -0.618. The van der Waals surface area contributed by atoms with Crippen LogP contribution in [-0.2, 0) is 4.74 Å². The predicted molar refractivity (Wildman–Crippen MR) is 62.7 cm³/mol. The smallest absolute Gasteiger partial charge is 0.421 e. The lowest BCUT2D eigenvalue weighted by Crippen LogP contribution is -2.40. The Morgan fingerprint density at radius 1 is 1.38 bits per heavy atom. The molecule has 0 aliphatic rings. The van der Waals surface area contributed by atoms with Crippen LogP contribution in [0.25, 0.3) is 0 Å². The van der Waals surface area contributed by atoms with Crippen molar-refractivity contribution >= 4 is 6.09 Å². The quantitative estimate of drug-likeness (QED) is 0.468. The van der Waals surface area contributed by atoms with Crippen LogP contribution in [0.5, 0.6) is 0 Å². The third-order valence-electron chi connectivity index (χ3n) is 2.82. The van der Waals surface area contributed by atoms with E-state index in [0.29, 0.717) is 0 Å². The maximum atomic E-state index is 11.1. The van der Waals surface area contributed by atoms with E-state index in [1.54, 1.807) is 0 Å². The van der Waals surface area contributed by atoms with Crippen LogP contribution >= 0.6 is 0 Å². The molecule has 0 heterocycles. The molecule has 0 fully saturated rings. The number of nitrogens with one attached hydrogen (secondary N) is 1. The summed E-state index contributed by atoms with van der Waals surface area (Å²) >= 11 is 0. The summed E-state index contributed by atoms with van der Waals surface area (Å²) in [6.45, 7) is 5.74. The summed E-state index contributed by atoms with van der Waals surface area (Å²) in [6.07, 6.45) is -0.618. The second-order valence-corrected chi connectivity index (χ2v) is 4.27. The summed E-state index contributed by atoms with van der Waals surface area (Å²) in [5.41, 5.74) is 2.48. The number of carbonyl (C=O) groups excluding carboxylic acids is 1. The molecule has 4 nitrogen and oxygen atoms in total. The van der Waals surface area contributed by atoms with Gasteiger partial charge in [0.2, 0.25) is 0 Å². The summed E-state index contributed by atoms with van der Waals surface area (Å²) in [4.78, 5) is 11.1. The lowest BCUT2D eigenvalue weighted by atomic mass is 9.86. The van der Waals surface area contributed by atoms with E-state index in [1.165, 1.54) is 0 Å². The van der Waals surface area contributed by atoms with Gasteiger partial charge >= 0.3 is 6.09 Å². The number of hydrogen-bond donors (Lipinski definition) is 2. The van der Waals surface area contributed by atoms with Crippen molar-refractivity contribution in [3.05, 3.63) is 35.9 Å². The Hall–Kier alpha value is -1.55. The van der Waals surface area contributed by atoms with Gasteiger partial charge in [-0.05, 0) is 19.4 Å². The van der Waals surface area contributed by atoms with Gasteiger partial charge in [-0.25, -0.2) is 10.6 Å². The molecule has 0 aliphatic heterocycles. The average molecular weight is 222 g/mol. The second kappa shape index (κ2) is 4.99. The molecule has 4 heteroatoms. The van der Waals surface area contributed by atoms with Crippen LogP contribution in [0, 0.1) is 0 Å². The summed E-state index contributed by atoms with van der Waals surface area (Å²) in [7, 11) is 0. The first-order valence-corrected chi connectivity index (χ1v) is 5.22. The molecule has 1 aromatic carbocycles. The van der Waals surface area contributed by atoms with Crippen LogP contribution in [0.2, 0.25) is 0 Å². The number of rotatable bonds is 3. The molecule has 88 valence electrons. The first-order valence-electron chi connectivity index (χ1n) is 5.22. The lowest BCUT2D eigenvalue weighted by molar-refractivity contribution is 0.0221. The number of carbonyl (C=O) groups is 1. The molecule has 1 unspecified atom stereocenters. The van der Waals surface area contributed by atoms with Gasteiger partial charge in [0.05, 0.1) is 0 Å². The van der Waals surface area contributed by atoms with Crippen LogP contribution in [0.1, 0.15) is 32.3 Å². The van der Waals surface area contributed by atoms with Crippen LogP contribution < -0.4 is 11.3 Å². The van der Waals surface area contributed by atoms with Gasteiger partial charge in [-0.2, -0.15) is 0 Å². The normalized spacial score (nSPS) is 13.0. The Morgan fingerprint density at radius 3 is 2.44 bits per heavy atom. The Morgan fingerprint density at radius 2 is 1.94 bits per heavy atom. The predicted octanol–water partition coefficient (Wildman–Crippen LogP) is 2.17. The van der Waals surface area contributed by atoms with Gasteiger partial charge in [0.15, 0.2) is 0 Å². The summed E-state index contributed by atoms with van der Waals surface area (Å²) < 4.78 is 5.23. The summed E-state index contributed by atoms with van der Waals surface area (Å²) in [6, 6.07) is 9.90. The molecule has 16 heavy (non-hydrogen) atoms. The van der Waals surface area contributed by atoms with Crippen molar-refractivity contribution in [2.24, 2.45) is 5.84 Å². The molecule has 0 spiro atoms. The third kappa shape index (κ3) is 2.97. The van der Waals surface area contributed by atoms with Gasteiger partial charge in [0, 0.05) is 5.92 Å². The van der Waals surface area contributed by atoms with Gasteiger partial charge < -0.3 is 4.74 Å². The fraction of sp³-hybridized carbons (Fsp3) is 0.417. The summed E-state index contributed by atoms with van der Waals surface area (Å²) in [5, 5.41) is 0. The molecule has 1 amide bonds. The zero-order valence-electron chi connectivity index (χ0n) is 9.86. The van der Waals surface area contributed by atoms with E-state index >= 15 is 0 Å². The molecule has 1 aromatic rings. The molecule has 0 saturated carbocycles.